The van der Waals surface area contributed by atoms with E-state index in [0.717, 1.165) is 22.0 Å². The minimum atomic E-state index is -0.338. The van der Waals surface area contributed by atoms with Crippen LogP contribution in [-0.4, -0.2) is 15.6 Å². The number of halogens is 2. The summed E-state index contributed by atoms with van der Waals surface area (Å²) < 4.78 is 28.4. The van der Waals surface area contributed by atoms with E-state index in [9.17, 15) is 13.6 Å². The second-order valence-corrected chi connectivity index (χ2v) is 8.34. The third-order valence-corrected chi connectivity index (χ3v) is 5.99. The number of thioether (sulfide) groups is 1. The van der Waals surface area contributed by atoms with E-state index in [1.807, 2.05) is 36.5 Å². The summed E-state index contributed by atoms with van der Waals surface area (Å²) in [4.78, 5) is 17.4. The summed E-state index contributed by atoms with van der Waals surface area (Å²) in [5.41, 5.74) is 3.47. The van der Waals surface area contributed by atoms with Gasteiger partial charge in [-0.1, -0.05) is 30.3 Å². The Labute approximate surface area is 187 Å². The van der Waals surface area contributed by atoms with Gasteiger partial charge in [0.15, 0.2) is 5.17 Å². The van der Waals surface area contributed by atoms with Gasteiger partial charge in [-0.15, -0.1) is 0 Å². The Balaban J connectivity index is 1.46. The normalized spacial score (nSPS) is 16.2. The number of para-hydroxylation sites is 1. The van der Waals surface area contributed by atoms with E-state index in [0.29, 0.717) is 22.3 Å². The Bertz CT molecular complexity index is 1370. The van der Waals surface area contributed by atoms with Crippen LogP contribution in [0.2, 0.25) is 0 Å². The van der Waals surface area contributed by atoms with Crippen LogP contribution in [-0.2, 0) is 11.3 Å². The first kappa shape index (κ1) is 20.2. The number of aliphatic imine (C=N–C) groups is 1. The van der Waals surface area contributed by atoms with Crippen LogP contribution in [0.25, 0.3) is 17.0 Å². The third-order valence-electron chi connectivity index (χ3n) is 5.08. The molecule has 158 valence electrons. The highest BCUT2D eigenvalue weighted by atomic mass is 32.2. The molecule has 32 heavy (non-hydrogen) atoms. The van der Waals surface area contributed by atoms with Crippen molar-refractivity contribution in [2.45, 2.75) is 6.54 Å². The molecule has 4 aromatic rings. The summed E-state index contributed by atoms with van der Waals surface area (Å²) in [5.74, 6) is -0.834. The predicted molar refractivity (Wildman–Crippen MR) is 125 cm³/mol. The first-order valence-corrected chi connectivity index (χ1v) is 10.7. The molecule has 1 saturated heterocycles. The summed E-state index contributed by atoms with van der Waals surface area (Å²) >= 11 is 1.24. The smallest absolute Gasteiger partial charge is 0.264 e. The van der Waals surface area contributed by atoms with E-state index in [1.54, 1.807) is 24.3 Å². The van der Waals surface area contributed by atoms with Crippen LogP contribution in [0, 0.1) is 11.6 Å². The Morgan fingerprint density at radius 2 is 1.62 bits per heavy atom. The van der Waals surface area contributed by atoms with Crippen molar-refractivity contribution in [3.63, 3.8) is 0 Å². The highest BCUT2D eigenvalue weighted by Gasteiger charge is 2.24. The van der Waals surface area contributed by atoms with E-state index in [-0.39, 0.29) is 17.5 Å². The molecular weight excluding hydrogens is 428 g/mol. The van der Waals surface area contributed by atoms with Gasteiger partial charge in [-0.25, -0.2) is 13.8 Å². The maximum atomic E-state index is 13.3. The lowest BCUT2D eigenvalue weighted by Gasteiger charge is -2.05. The predicted octanol–water partition coefficient (Wildman–Crippen LogP) is 5.86. The monoisotopic (exact) mass is 445 g/mol. The van der Waals surface area contributed by atoms with Crippen molar-refractivity contribution in [1.82, 2.24) is 9.88 Å². The summed E-state index contributed by atoms with van der Waals surface area (Å²) in [5, 5.41) is 4.22. The van der Waals surface area contributed by atoms with Gasteiger partial charge in [0.2, 0.25) is 0 Å². The number of nitrogens with one attached hydrogen (secondary N) is 1. The van der Waals surface area contributed by atoms with Crippen molar-refractivity contribution in [1.29, 1.82) is 0 Å². The number of nitrogens with zero attached hydrogens (tertiary/aromatic N) is 2. The van der Waals surface area contributed by atoms with Crippen molar-refractivity contribution in [3.8, 4) is 0 Å². The lowest BCUT2D eigenvalue weighted by molar-refractivity contribution is -0.115. The van der Waals surface area contributed by atoms with Crippen LogP contribution in [0.15, 0.2) is 88.9 Å². The van der Waals surface area contributed by atoms with Gasteiger partial charge in [-0.05, 0) is 65.9 Å². The van der Waals surface area contributed by atoms with Crippen molar-refractivity contribution in [2.24, 2.45) is 4.99 Å². The van der Waals surface area contributed by atoms with Gasteiger partial charge in [0.1, 0.15) is 11.6 Å². The molecule has 1 aliphatic heterocycles. The van der Waals surface area contributed by atoms with Gasteiger partial charge in [0.05, 0.1) is 10.6 Å². The van der Waals surface area contributed by atoms with Crippen LogP contribution in [0.1, 0.15) is 11.1 Å². The number of carbonyl (C=O) groups excluding carboxylic acids is 1. The first-order valence-electron chi connectivity index (χ1n) is 9.93. The minimum Gasteiger partial charge on any atom is -0.342 e. The molecule has 1 amide bonds. The third kappa shape index (κ3) is 4.20. The minimum absolute atomic E-state index is 0.230. The lowest BCUT2D eigenvalue weighted by Crippen LogP contribution is -2.19. The molecule has 1 fully saturated rings. The molecule has 1 aliphatic rings. The second kappa shape index (κ2) is 8.43. The molecule has 0 unspecified atom stereocenters. The molecule has 0 saturated carbocycles. The largest absolute Gasteiger partial charge is 0.342 e. The van der Waals surface area contributed by atoms with Crippen LogP contribution in [0.3, 0.4) is 0 Å². The zero-order chi connectivity index (χ0) is 22.1. The summed E-state index contributed by atoms with van der Waals surface area (Å²) in [6.45, 7) is 0.584. The van der Waals surface area contributed by atoms with Crippen molar-refractivity contribution in [2.75, 3.05) is 0 Å². The maximum absolute atomic E-state index is 13.3. The zero-order valence-electron chi connectivity index (χ0n) is 16.8. The number of amides is 1. The fraction of sp³-hybridized carbons (Fsp3) is 0.0400. The van der Waals surface area contributed by atoms with Gasteiger partial charge in [0, 0.05) is 29.2 Å². The molecule has 2 heterocycles. The fourth-order valence-corrected chi connectivity index (χ4v) is 4.39. The van der Waals surface area contributed by atoms with E-state index in [4.69, 9.17) is 0 Å². The number of hydrogen-bond acceptors (Lipinski definition) is 3. The molecule has 1 aromatic heterocycles. The molecule has 1 N–H and O–H groups in total. The van der Waals surface area contributed by atoms with Crippen molar-refractivity contribution < 1.29 is 13.6 Å². The van der Waals surface area contributed by atoms with Gasteiger partial charge < -0.3 is 9.88 Å². The number of benzene rings is 3. The fourth-order valence-electron chi connectivity index (χ4n) is 3.56. The topological polar surface area (TPSA) is 46.4 Å². The Morgan fingerprint density at radius 1 is 0.938 bits per heavy atom. The molecule has 7 heteroatoms. The van der Waals surface area contributed by atoms with Gasteiger partial charge in [0.25, 0.3) is 5.91 Å². The summed E-state index contributed by atoms with van der Waals surface area (Å²) in [6, 6.07) is 20.1. The van der Waals surface area contributed by atoms with E-state index in [2.05, 4.69) is 14.9 Å². The first-order chi connectivity index (χ1) is 15.5. The van der Waals surface area contributed by atoms with Crippen molar-refractivity contribution in [3.05, 3.63) is 107 Å². The number of aromatic nitrogens is 1. The van der Waals surface area contributed by atoms with Gasteiger partial charge >= 0.3 is 0 Å². The number of carbonyl (C=O) groups is 1. The molecule has 3 aromatic carbocycles. The van der Waals surface area contributed by atoms with Gasteiger partial charge in [-0.3, -0.25) is 4.79 Å². The van der Waals surface area contributed by atoms with E-state index in [1.165, 1.54) is 36.0 Å². The van der Waals surface area contributed by atoms with Crippen molar-refractivity contribution >= 4 is 45.5 Å². The zero-order valence-corrected chi connectivity index (χ0v) is 17.6. The highest BCUT2D eigenvalue weighted by molar-refractivity contribution is 8.18. The van der Waals surface area contributed by atoms with Crippen LogP contribution < -0.4 is 5.32 Å². The van der Waals surface area contributed by atoms with E-state index < -0.39 is 0 Å². The molecular formula is C25H17F2N3OS. The number of fused-ring (bicyclic) bond motifs is 1. The Morgan fingerprint density at radius 3 is 2.38 bits per heavy atom. The average Bonchev–Trinajstić information content (AvgIpc) is 3.31. The Kier molecular flexibility index (Phi) is 5.33. The van der Waals surface area contributed by atoms with Crippen LogP contribution in [0.4, 0.5) is 14.5 Å². The molecule has 0 spiro atoms. The molecule has 4 nitrogen and oxygen atoms in total. The second-order valence-electron chi connectivity index (χ2n) is 7.31. The molecule has 0 bridgehead atoms. The van der Waals surface area contributed by atoms with E-state index >= 15 is 0 Å². The SMILES string of the molecule is O=C1NC(=Nc2ccc(F)cc2)S/C1=C\c1cn(Cc2ccc(F)cc2)c2ccccc12. The maximum Gasteiger partial charge on any atom is 0.264 e. The molecule has 0 aliphatic carbocycles. The van der Waals surface area contributed by atoms with Crippen LogP contribution in [0.5, 0.6) is 0 Å². The Hall–Kier alpha value is -3.71. The quantitative estimate of drug-likeness (QED) is 0.400. The molecule has 0 radical (unpaired) electrons. The number of rotatable bonds is 4. The average molecular weight is 445 g/mol. The number of hydrogen-bond donors (Lipinski definition) is 1. The van der Waals surface area contributed by atoms with Crippen LogP contribution >= 0.6 is 11.8 Å². The standard InChI is InChI=1S/C25H17F2N3OS/c26-18-7-5-16(6-8-18)14-30-15-17(21-3-1-2-4-22(21)30)13-23-24(31)29-25(32-23)28-20-11-9-19(27)10-12-20/h1-13,15H,14H2,(H,28,29,31)/b23-13-. The molecule has 5 rings (SSSR count). The molecule has 0 atom stereocenters. The summed E-state index contributed by atoms with van der Waals surface area (Å²) in [6.07, 6.45) is 3.83. The van der Waals surface area contributed by atoms with Gasteiger partial charge in [-0.2, -0.15) is 0 Å². The number of amidine groups is 1. The summed E-state index contributed by atoms with van der Waals surface area (Å²) in [7, 11) is 0. The highest BCUT2D eigenvalue weighted by Crippen LogP contribution is 2.31. The lowest BCUT2D eigenvalue weighted by atomic mass is 10.1.